The Bertz CT molecular complexity index is 469. The van der Waals surface area contributed by atoms with E-state index in [0.717, 1.165) is 44.5 Å². The second-order valence-electron chi connectivity index (χ2n) is 6.04. The van der Waals surface area contributed by atoms with Gasteiger partial charge in [0.05, 0.1) is 11.3 Å². The first-order valence-electron chi connectivity index (χ1n) is 7.90. The molecule has 2 heterocycles. The summed E-state index contributed by atoms with van der Waals surface area (Å²) in [5, 5.41) is 3.14. The maximum absolute atomic E-state index is 12.5. The first-order chi connectivity index (χ1) is 10.1. The average molecular weight is 290 g/mol. The SMILES string of the molecule is CCCc1ncncc1C(=O)N[C@@H](C)C1CCN(C)CC1. The van der Waals surface area contributed by atoms with Crippen molar-refractivity contribution in [3.05, 3.63) is 23.8 Å². The fourth-order valence-electron chi connectivity index (χ4n) is 2.91. The minimum absolute atomic E-state index is 0.0366. The minimum Gasteiger partial charge on any atom is -0.349 e. The third kappa shape index (κ3) is 4.24. The highest BCUT2D eigenvalue weighted by molar-refractivity contribution is 5.95. The molecule has 5 heteroatoms. The van der Waals surface area contributed by atoms with Crippen LogP contribution >= 0.6 is 0 Å². The number of amides is 1. The number of aromatic nitrogens is 2. The van der Waals surface area contributed by atoms with Crippen molar-refractivity contribution in [2.24, 2.45) is 5.92 Å². The van der Waals surface area contributed by atoms with Gasteiger partial charge in [-0.2, -0.15) is 0 Å². The molecule has 0 unspecified atom stereocenters. The molecule has 0 radical (unpaired) electrons. The van der Waals surface area contributed by atoms with Crippen molar-refractivity contribution in [1.82, 2.24) is 20.2 Å². The van der Waals surface area contributed by atoms with Gasteiger partial charge < -0.3 is 10.2 Å². The molecule has 1 aliphatic heterocycles. The molecule has 0 spiro atoms. The van der Waals surface area contributed by atoms with Crippen molar-refractivity contribution in [3.8, 4) is 0 Å². The lowest BCUT2D eigenvalue weighted by Crippen LogP contribution is -2.43. The lowest BCUT2D eigenvalue weighted by atomic mass is 9.90. The van der Waals surface area contributed by atoms with Crippen molar-refractivity contribution in [2.45, 2.75) is 45.6 Å². The van der Waals surface area contributed by atoms with Gasteiger partial charge in [-0.15, -0.1) is 0 Å². The predicted octanol–water partition coefficient (Wildman–Crippen LogP) is 1.89. The van der Waals surface area contributed by atoms with Crippen LogP contribution in [0.1, 0.15) is 49.2 Å². The highest BCUT2D eigenvalue weighted by Gasteiger charge is 2.24. The third-order valence-electron chi connectivity index (χ3n) is 4.36. The smallest absolute Gasteiger partial charge is 0.254 e. The Balaban J connectivity index is 1.97. The highest BCUT2D eigenvalue weighted by atomic mass is 16.1. The van der Waals surface area contributed by atoms with Crippen molar-refractivity contribution in [3.63, 3.8) is 0 Å². The van der Waals surface area contributed by atoms with Gasteiger partial charge in [-0.1, -0.05) is 13.3 Å². The Morgan fingerprint density at radius 1 is 1.48 bits per heavy atom. The first kappa shape index (κ1) is 15.9. The van der Waals surface area contributed by atoms with Crippen LogP contribution in [-0.4, -0.2) is 47.0 Å². The fourth-order valence-corrected chi connectivity index (χ4v) is 2.91. The van der Waals surface area contributed by atoms with Gasteiger partial charge >= 0.3 is 0 Å². The van der Waals surface area contributed by atoms with Crippen LogP contribution < -0.4 is 5.32 Å². The Hall–Kier alpha value is -1.49. The largest absolute Gasteiger partial charge is 0.349 e. The molecule has 0 saturated carbocycles. The summed E-state index contributed by atoms with van der Waals surface area (Å²) in [5.74, 6) is 0.523. The van der Waals surface area contributed by atoms with Crippen molar-refractivity contribution in [1.29, 1.82) is 0 Å². The summed E-state index contributed by atoms with van der Waals surface area (Å²) in [6.45, 7) is 6.42. The molecule has 0 aromatic carbocycles. The standard InChI is InChI=1S/C16H26N4O/c1-4-5-15-14(10-17-11-18-15)16(21)19-12(2)13-6-8-20(3)9-7-13/h10-13H,4-9H2,1-3H3,(H,19,21)/t12-/m0/s1. The number of carbonyl (C=O) groups excluding carboxylic acids is 1. The summed E-state index contributed by atoms with van der Waals surface area (Å²) in [6, 6.07) is 0.195. The molecule has 1 aromatic heterocycles. The summed E-state index contributed by atoms with van der Waals surface area (Å²) in [6.07, 6.45) is 7.22. The molecule has 1 fully saturated rings. The summed E-state index contributed by atoms with van der Waals surface area (Å²) >= 11 is 0. The molecule has 5 nitrogen and oxygen atoms in total. The van der Waals surface area contributed by atoms with Gasteiger partial charge in [0.2, 0.25) is 0 Å². The number of rotatable bonds is 5. The van der Waals surface area contributed by atoms with E-state index in [1.165, 1.54) is 6.33 Å². The quantitative estimate of drug-likeness (QED) is 0.899. The van der Waals surface area contributed by atoms with Crippen LogP contribution in [0.3, 0.4) is 0 Å². The Morgan fingerprint density at radius 2 is 2.19 bits per heavy atom. The van der Waals surface area contributed by atoms with E-state index in [1.807, 2.05) is 0 Å². The molecular formula is C16H26N4O. The number of carbonyl (C=O) groups is 1. The number of hydrogen-bond acceptors (Lipinski definition) is 4. The zero-order valence-corrected chi connectivity index (χ0v) is 13.3. The van der Waals surface area contributed by atoms with Crippen molar-refractivity contribution in [2.75, 3.05) is 20.1 Å². The summed E-state index contributed by atoms with van der Waals surface area (Å²) in [7, 11) is 2.15. The highest BCUT2D eigenvalue weighted by Crippen LogP contribution is 2.20. The molecule has 0 bridgehead atoms. The maximum atomic E-state index is 12.5. The Morgan fingerprint density at radius 3 is 2.86 bits per heavy atom. The van der Waals surface area contributed by atoms with Crippen LogP contribution in [-0.2, 0) is 6.42 Å². The lowest BCUT2D eigenvalue weighted by Gasteiger charge is -2.33. The zero-order chi connectivity index (χ0) is 15.2. The predicted molar refractivity (Wildman–Crippen MR) is 83.2 cm³/mol. The van der Waals surface area contributed by atoms with E-state index in [2.05, 4.69) is 41.1 Å². The van der Waals surface area contributed by atoms with Crippen LogP contribution in [0.5, 0.6) is 0 Å². The van der Waals surface area contributed by atoms with Gasteiger partial charge in [-0.25, -0.2) is 9.97 Å². The minimum atomic E-state index is -0.0366. The number of aryl methyl sites for hydroxylation is 1. The molecular weight excluding hydrogens is 264 g/mol. The van der Waals surface area contributed by atoms with Crippen molar-refractivity contribution >= 4 is 5.91 Å². The van der Waals surface area contributed by atoms with E-state index >= 15 is 0 Å². The summed E-state index contributed by atoms with van der Waals surface area (Å²) < 4.78 is 0. The molecule has 0 aliphatic carbocycles. The fraction of sp³-hybridized carbons (Fsp3) is 0.688. The zero-order valence-electron chi connectivity index (χ0n) is 13.3. The van der Waals surface area contributed by atoms with E-state index in [1.54, 1.807) is 6.20 Å². The van der Waals surface area contributed by atoms with E-state index in [-0.39, 0.29) is 11.9 Å². The molecule has 1 N–H and O–H groups in total. The van der Waals surface area contributed by atoms with Gasteiger partial charge in [0, 0.05) is 12.2 Å². The van der Waals surface area contributed by atoms with Crippen molar-refractivity contribution < 1.29 is 4.79 Å². The number of likely N-dealkylation sites (tertiary alicyclic amines) is 1. The second-order valence-corrected chi connectivity index (χ2v) is 6.04. The van der Waals surface area contributed by atoms with Crippen LogP contribution in [0.2, 0.25) is 0 Å². The van der Waals surface area contributed by atoms with Crippen LogP contribution in [0, 0.1) is 5.92 Å². The maximum Gasteiger partial charge on any atom is 0.254 e. The monoisotopic (exact) mass is 290 g/mol. The van der Waals surface area contributed by atoms with Crippen LogP contribution in [0.15, 0.2) is 12.5 Å². The molecule has 1 aliphatic rings. The van der Waals surface area contributed by atoms with Crippen LogP contribution in [0.25, 0.3) is 0 Å². The van der Waals surface area contributed by atoms with E-state index in [4.69, 9.17) is 0 Å². The van der Waals surface area contributed by atoms with Crippen LogP contribution in [0.4, 0.5) is 0 Å². The van der Waals surface area contributed by atoms with Gasteiger partial charge in [0.15, 0.2) is 0 Å². The van der Waals surface area contributed by atoms with Gasteiger partial charge in [-0.3, -0.25) is 4.79 Å². The normalized spacial score (nSPS) is 18.4. The Kier molecular flexibility index (Phi) is 5.67. The molecule has 1 atom stereocenters. The number of nitrogens with one attached hydrogen (secondary N) is 1. The van der Waals surface area contributed by atoms with E-state index < -0.39 is 0 Å². The Labute approximate surface area is 127 Å². The topological polar surface area (TPSA) is 58.1 Å². The molecule has 116 valence electrons. The van der Waals surface area contributed by atoms with Gasteiger partial charge in [0.1, 0.15) is 6.33 Å². The molecule has 1 saturated heterocycles. The third-order valence-corrected chi connectivity index (χ3v) is 4.36. The van der Waals surface area contributed by atoms with E-state index in [9.17, 15) is 4.79 Å². The number of nitrogens with zero attached hydrogens (tertiary/aromatic N) is 3. The molecule has 1 aromatic rings. The summed E-state index contributed by atoms with van der Waals surface area (Å²) in [5.41, 5.74) is 1.47. The molecule has 1 amide bonds. The van der Waals surface area contributed by atoms with Gasteiger partial charge in [-0.05, 0) is 52.2 Å². The lowest BCUT2D eigenvalue weighted by molar-refractivity contribution is 0.0907. The van der Waals surface area contributed by atoms with Gasteiger partial charge in [0.25, 0.3) is 5.91 Å². The average Bonchev–Trinajstić information content (AvgIpc) is 2.48. The second kappa shape index (κ2) is 7.50. The summed E-state index contributed by atoms with van der Waals surface area (Å²) in [4.78, 5) is 23.0. The molecule has 21 heavy (non-hydrogen) atoms. The number of piperidine rings is 1. The first-order valence-corrected chi connectivity index (χ1v) is 7.90. The molecule has 2 rings (SSSR count). The van der Waals surface area contributed by atoms with E-state index in [0.29, 0.717) is 11.5 Å². The number of hydrogen-bond donors (Lipinski definition) is 1.